The lowest BCUT2D eigenvalue weighted by Gasteiger charge is -2.15. The number of carbonyl (C=O) groups excluding carboxylic acids is 1. The van der Waals surface area contributed by atoms with Gasteiger partial charge in [0.25, 0.3) is 9.05 Å². The average Bonchev–Trinajstić information content (AvgIpc) is 2.85. The van der Waals surface area contributed by atoms with Crippen LogP contribution >= 0.6 is 10.7 Å². The van der Waals surface area contributed by atoms with Crippen molar-refractivity contribution in [3.63, 3.8) is 0 Å². The van der Waals surface area contributed by atoms with Crippen molar-refractivity contribution in [2.45, 2.75) is 44.4 Å². The van der Waals surface area contributed by atoms with Gasteiger partial charge in [-0.1, -0.05) is 12.8 Å². The molecule has 0 bridgehead atoms. The summed E-state index contributed by atoms with van der Waals surface area (Å²) in [5.41, 5.74) is 2.09. The summed E-state index contributed by atoms with van der Waals surface area (Å²) in [6, 6.07) is 2.97. The summed E-state index contributed by atoms with van der Waals surface area (Å²) in [7, 11) is 1.60. The quantitative estimate of drug-likeness (QED) is 0.870. The molecule has 0 radical (unpaired) electrons. The zero-order valence-corrected chi connectivity index (χ0v) is 13.1. The maximum Gasteiger partial charge on any atom is 0.261 e. The number of aryl methyl sites for hydroxylation is 2. The van der Waals surface area contributed by atoms with Crippen molar-refractivity contribution < 1.29 is 13.2 Å². The molecule has 4 nitrogen and oxygen atoms in total. The van der Waals surface area contributed by atoms with E-state index in [0.717, 1.165) is 25.7 Å². The Labute approximate surface area is 123 Å². The van der Waals surface area contributed by atoms with Crippen molar-refractivity contribution in [1.29, 1.82) is 0 Å². The van der Waals surface area contributed by atoms with Crippen LogP contribution in [-0.2, 0) is 13.8 Å². The largest absolute Gasteiger partial charge is 0.325 e. The smallest absolute Gasteiger partial charge is 0.261 e. The Morgan fingerprint density at radius 3 is 2.15 bits per heavy atom. The molecule has 20 heavy (non-hydrogen) atoms. The third-order valence-electron chi connectivity index (χ3n) is 3.76. The third kappa shape index (κ3) is 3.33. The Morgan fingerprint density at radius 2 is 1.70 bits per heavy atom. The highest BCUT2D eigenvalue weighted by Crippen LogP contribution is 2.29. The van der Waals surface area contributed by atoms with Crippen LogP contribution in [0.1, 0.15) is 36.8 Å². The molecule has 1 fully saturated rings. The van der Waals surface area contributed by atoms with Crippen LogP contribution in [-0.4, -0.2) is 14.3 Å². The van der Waals surface area contributed by atoms with Crippen molar-refractivity contribution in [2.75, 3.05) is 5.32 Å². The normalized spacial score (nSPS) is 16.4. The van der Waals surface area contributed by atoms with Gasteiger partial charge in [0.2, 0.25) is 5.91 Å². The molecule has 0 spiro atoms. The fourth-order valence-electron chi connectivity index (χ4n) is 2.67. The number of halogens is 1. The van der Waals surface area contributed by atoms with Crippen LogP contribution in [0.5, 0.6) is 0 Å². The first-order valence-corrected chi connectivity index (χ1v) is 8.97. The van der Waals surface area contributed by atoms with E-state index >= 15 is 0 Å². The lowest BCUT2D eigenvalue weighted by molar-refractivity contribution is -0.119. The monoisotopic (exact) mass is 315 g/mol. The standard InChI is InChI=1S/C14H18ClNO3S/c1-9-7-12(20(15,18)19)8-10(2)13(9)16-14(17)11-5-3-4-6-11/h7-8,11H,3-6H2,1-2H3,(H,16,17). The van der Waals surface area contributed by atoms with Gasteiger partial charge in [0.15, 0.2) is 0 Å². The summed E-state index contributed by atoms with van der Waals surface area (Å²) < 4.78 is 22.7. The summed E-state index contributed by atoms with van der Waals surface area (Å²) in [6.07, 6.45) is 4.05. The minimum atomic E-state index is -3.75. The second-order valence-electron chi connectivity index (χ2n) is 5.34. The summed E-state index contributed by atoms with van der Waals surface area (Å²) in [4.78, 5) is 12.2. The van der Waals surface area contributed by atoms with Gasteiger partial charge in [-0.15, -0.1) is 0 Å². The molecule has 0 aliphatic heterocycles. The van der Waals surface area contributed by atoms with E-state index in [9.17, 15) is 13.2 Å². The lowest BCUT2D eigenvalue weighted by Crippen LogP contribution is -2.21. The van der Waals surface area contributed by atoms with Gasteiger partial charge in [-0.3, -0.25) is 4.79 Å². The van der Waals surface area contributed by atoms with Crippen LogP contribution in [0.3, 0.4) is 0 Å². The van der Waals surface area contributed by atoms with E-state index in [-0.39, 0.29) is 16.7 Å². The molecule has 0 heterocycles. The number of nitrogens with one attached hydrogen (secondary N) is 1. The molecule has 1 N–H and O–H groups in total. The van der Waals surface area contributed by atoms with Gasteiger partial charge in [-0.05, 0) is 49.9 Å². The van der Waals surface area contributed by atoms with Gasteiger partial charge in [-0.25, -0.2) is 8.42 Å². The minimum Gasteiger partial charge on any atom is -0.325 e. The van der Waals surface area contributed by atoms with Gasteiger partial charge in [0.1, 0.15) is 0 Å². The molecule has 1 aromatic carbocycles. The molecule has 1 amide bonds. The van der Waals surface area contributed by atoms with Gasteiger partial charge >= 0.3 is 0 Å². The Kier molecular flexibility index (Phi) is 4.39. The Bertz CT molecular complexity index is 611. The molecular weight excluding hydrogens is 298 g/mol. The minimum absolute atomic E-state index is 0.0233. The summed E-state index contributed by atoms with van der Waals surface area (Å²) in [5.74, 6) is 0.0976. The van der Waals surface area contributed by atoms with Crippen LogP contribution in [0.4, 0.5) is 5.69 Å². The van der Waals surface area contributed by atoms with Gasteiger partial charge in [0, 0.05) is 22.3 Å². The summed E-state index contributed by atoms with van der Waals surface area (Å²) >= 11 is 0. The van der Waals surface area contributed by atoms with Crippen LogP contribution < -0.4 is 5.32 Å². The van der Waals surface area contributed by atoms with E-state index in [0.29, 0.717) is 16.8 Å². The predicted octanol–water partition coefficient (Wildman–Crippen LogP) is 3.36. The van der Waals surface area contributed by atoms with Gasteiger partial charge < -0.3 is 5.32 Å². The van der Waals surface area contributed by atoms with E-state index in [4.69, 9.17) is 10.7 Å². The number of carbonyl (C=O) groups is 1. The number of hydrogen-bond donors (Lipinski definition) is 1. The molecule has 0 aromatic heterocycles. The number of benzene rings is 1. The van der Waals surface area contributed by atoms with Crippen molar-refractivity contribution in [3.8, 4) is 0 Å². The molecule has 6 heteroatoms. The van der Waals surface area contributed by atoms with Crippen LogP contribution in [0.2, 0.25) is 0 Å². The first-order chi connectivity index (χ1) is 9.29. The maximum absolute atomic E-state index is 12.1. The highest BCUT2D eigenvalue weighted by atomic mass is 35.7. The van der Waals surface area contributed by atoms with Gasteiger partial charge in [-0.2, -0.15) is 0 Å². The SMILES string of the molecule is Cc1cc(S(=O)(=O)Cl)cc(C)c1NC(=O)C1CCCC1. The van der Waals surface area contributed by atoms with E-state index in [2.05, 4.69) is 5.32 Å². The molecule has 0 atom stereocenters. The van der Waals surface area contributed by atoms with Crippen molar-refractivity contribution in [1.82, 2.24) is 0 Å². The molecule has 0 saturated heterocycles. The molecule has 1 aliphatic carbocycles. The zero-order chi connectivity index (χ0) is 14.9. The highest BCUT2D eigenvalue weighted by Gasteiger charge is 2.24. The molecule has 1 saturated carbocycles. The Hall–Kier alpha value is -1.07. The summed E-state index contributed by atoms with van der Waals surface area (Å²) in [6.45, 7) is 3.53. The number of anilines is 1. The molecule has 0 unspecified atom stereocenters. The topological polar surface area (TPSA) is 63.2 Å². The van der Waals surface area contributed by atoms with E-state index < -0.39 is 9.05 Å². The van der Waals surface area contributed by atoms with E-state index in [1.807, 2.05) is 0 Å². The van der Waals surface area contributed by atoms with Crippen LogP contribution in [0, 0.1) is 19.8 Å². The Balaban J connectivity index is 2.26. The molecule has 1 aromatic rings. The van der Waals surface area contributed by atoms with Crippen LogP contribution in [0.15, 0.2) is 17.0 Å². The molecular formula is C14H18ClNO3S. The molecule has 2 rings (SSSR count). The fraction of sp³-hybridized carbons (Fsp3) is 0.500. The second kappa shape index (κ2) is 5.74. The molecule has 110 valence electrons. The zero-order valence-electron chi connectivity index (χ0n) is 11.6. The first-order valence-electron chi connectivity index (χ1n) is 6.66. The first kappa shape index (κ1) is 15.3. The number of hydrogen-bond acceptors (Lipinski definition) is 3. The van der Waals surface area contributed by atoms with Gasteiger partial charge in [0.05, 0.1) is 4.90 Å². The predicted molar refractivity (Wildman–Crippen MR) is 79.5 cm³/mol. The number of rotatable bonds is 3. The van der Waals surface area contributed by atoms with Crippen LogP contribution in [0.25, 0.3) is 0 Å². The molecule has 1 aliphatic rings. The lowest BCUT2D eigenvalue weighted by atomic mass is 10.1. The van der Waals surface area contributed by atoms with Crippen molar-refractivity contribution in [3.05, 3.63) is 23.3 Å². The highest BCUT2D eigenvalue weighted by molar-refractivity contribution is 8.13. The average molecular weight is 316 g/mol. The Morgan fingerprint density at radius 1 is 1.20 bits per heavy atom. The van der Waals surface area contributed by atoms with E-state index in [1.165, 1.54) is 12.1 Å². The third-order valence-corrected chi connectivity index (χ3v) is 5.10. The van der Waals surface area contributed by atoms with Crippen molar-refractivity contribution >= 4 is 31.3 Å². The second-order valence-corrected chi connectivity index (χ2v) is 7.91. The fourth-order valence-corrected chi connectivity index (χ4v) is 3.58. The maximum atomic E-state index is 12.1. The number of amides is 1. The van der Waals surface area contributed by atoms with E-state index in [1.54, 1.807) is 13.8 Å². The summed E-state index contributed by atoms with van der Waals surface area (Å²) in [5, 5.41) is 2.92. The van der Waals surface area contributed by atoms with Crippen molar-refractivity contribution in [2.24, 2.45) is 5.92 Å².